The number of ether oxygens (including phenoxy) is 2. The third kappa shape index (κ3) is 3.55. The summed E-state index contributed by atoms with van der Waals surface area (Å²) < 4.78 is 34.3. The van der Waals surface area contributed by atoms with Crippen LogP contribution in [0, 0.1) is 0 Å². The third-order valence-electron chi connectivity index (χ3n) is 3.47. The van der Waals surface area contributed by atoms with Crippen LogP contribution < -0.4 is 14.8 Å². The van der Waals surface area contributed by atoms with Crippen molar-refractivity contribution in [3.63, 3.8) is 0 Å². The van der Waals surface area contributed by atoms with Gasteiger partial charge < -0.3 is 14.8 Å². The van der Waals surface area contributed by atoms with Gasteiger partial charge in [-0.05, 0) is 18.6 Å². The van der Waals surface area contributed by atoms with E-state index >= 15 is 0 Å². The van der Waals surface area contributed by atoms with Gasteiger partial charge in [-0.1, -0.05) is 0 Å². The molecule has 1 aliphatic rings. The molecule has 1 N–H and O–H groups in total. The van der Waals surface area contributed by atoms with Crippen molar-refractivity contribution in [1.29, 1.82) is 0 Å². The summed E-state index contributed by atoms with van der Waals surface area (Å²) in [5, 5.41) is 2.60. The molecule has 0 radical (unpaired) electrons. The molecular formula is C14H18N2O6S. The van der Waals surface area contributed by atoms with Crippen molar-refractivity contribution in [3.05, 3.63) is 18.2 Å². The summed E-state index contributed by atoms with van der Waals surface area (Å²) in [7, 11) is -0.830. The molecule has 2 amide bonds. The van der Waals surface area contributed by atoms with E-state index in [2.05, 4.69) is 5.32 Å². The second-order valence-electron chi connectivity index (χ2n) is 5.07. The smallest absolute Gasteiger partial charge is 0.248 e. The summed E-state index contributed by atoms with van der Waals surface area (Å²) in [5.74, 6) is -0.208. The normalized spacial score (nSPS) is 18.0. The Morgan fingerprint density at radius 1 is 1.26 bits per heavy atom. The first kappa shape index (κ1) is 17.1. The van der Waals surface area contributed by atoms with Crippen molar-refractivity contribution in [3.8, 4) is 11.5 Å². The van der Waals surface area contributed by atoms with Gasteiger partial charge >= 0.3 is 0 Å². The molecule has 0 spiro atoms. The summed E-state index contributed by atoms with van der Waals surface area (Å²) >= 11 is 0. The van der Waals surface area contributed by atoms with E-state index in [1.54, 1.807) is 18.2 Å². The largest absolute Gasteiger partial charge is 0.493 e. The maximum Gasteiger partial charge on any atom is 0.248 e. The minimum absolute atomic E-state index is 0.0249. The Bertz CT molecular complexity index is 731. The van der Waals surface area contributed by atoms with Crippen molar-refractivity contribution < 1.29 is 27.5 Å². The maximum atomic E-state index is 12.3. The van der Waals surface area contributed by atoms with Gasteiger partial charge in [0.05, 0.1) is 20.5 Å². The number of sulfonamides is 1. The Hall–Kier alpha value is -2.29. The van der Waals surface area contributed by atoms with E-state index < -0.39 is 27.9 Å². The molecule has 0 aliphatic carbocycles. The molecule has 0 aromatic heterocycles. The third-order valence-corrected chi connectivity index (χ3v) is 4.64. The number of methoxy groups -OCH3 is 2. The van der Waals surface area contributed by atoms with Crippen LogP contribution in [0.4, 0.5) is 5.69 Å². The molecule has 0 saturated carbocycles. The van der Waals surface area contributed by atoms with Crippen LogP contribution in [0.5, 0.6) is 11.5 Å². The minimum Gasteiger partial charge on any atom is -0.493 e. The molecule has 1 aliphatic heterocycles. The van der Waals surface area contributed by atoms with Crippen LogP contribution >= 0.6 is 0 Å². The van der Waals surface area contributed by atoms with Gasteiger partial charge in [-0.25, -0.2) is 12.7 Å². The molecule has 1 fully saturated rings. The summed E-state index contributed by atoms with van der Waals surface area (Å²) in [5.41, 5.74) is 0.417. The summed E-state index contributed by atoms with van der Waals surface area (Å²) in [6.07, 6.45) is 1.09. The summed E-state index contributed by atoms with van der Waals surface area (Å²) in [6.45, 7) is 0. The molecule has 2 rings (SSSR count). The second kappa shape index (κ2) is 6.45. The monoisotopic (exact) mass is 342 g/mol. The van der Waals surface area contributed by atoms with Crippen molar-refractivity contribution in [1.82, 2.24) is 4.31 Å². The number of benzene rings is 1. The Kier molecular flexibility index (Phi) is 4.79. The van der Waals surface area contributed by atoms with Gasteiger partial charge in [-0.3, -0.25) is 9.59 Å². The molecule has 23 heavy (non-hydrogen) atoms. The van der Waals surface area contributed by atoms with Crippen LogP contribution in [-0.2, 0) is 19.6 Å². The van der Waals surface area contributed by atoms with E-state index in [4.69, 9.17) is 9.47 Å². The Labute approximate surface area is 134 Å². The predicted molar refractivity (Wildman–Crippen MR) is 82.9 cm³/mol. The van der Waals surface area contributed by atoms with Gasteiger partial charge in [0.25, 0.3) is 0 Å². The second-order valence-corrected chi connectivity index (χ2v) is 6.93. The lowest BCUT2D eigenvalue weighted by atomic mass is 10.2. The van der Waals surface area contributed by atoms with Crippen molar-refractivity contribution in [2.45, 2.75) is 18.9 Å². The summed E-state index contributed by atoms with van der Waals surface area (Å²) in [4.78, 5) is 24.0. The molecular weight excluding hydrogens is 324 g/mol. The lowest BCUT2D eigenvalue weighted by Gasteiger charge is -2.21. The number of nitrogens with one attached hydrogen (secondary N) is 1. The highest BCUT2D eigenvalue weighted by atomic mass is 32.2. The topological polar surface area (TPSA) is 102 Å². The van der Waals surface area contributed by atoms with Crippen LogP contribution in [0.1, 0.15) is 12.8 Å². The Morgan fingerprint density at radius 2 is 1.91 bits per heavy atom. The standard InChI is InChI=1S/C14H18N2O6S/c1-21-11-6-4-9(8-12(11)22-2)15-14(18)10-5-7-13(17)16(10)23(3,19)20/h4,6,8,10H,5,7H2,1-3H3,(H,15,18). The lowest BCUT2D eigenvalue weighted by molar-refractivity contribution is -0.128. The molecule has 1 atom stereocenters. The van der Waals surface area contributed by atoms with Crippen molar-refractivity contribution in [2.24, 2.45) is 0 Å². The maximum absolute atomic E-state index is 12.3. The van der Waals surface area contributed by atoms with E-state index in [0.29, 0.717) is 21.5 Å². The number of amides is 2. The number of anilines is 1. The zero-order valence-electron chi connectivity index (χ0n) is 13.0. The average Bonchev–Trinajstić information content (AvgIpc) is 2.89. The first-order chi connectivity index (χ1) is 10.8. The van der Waals surface area contributed by atoms with E-state index in [1.807, 2.05) is 0 Å². The van der Waals surface area contributed by atoms with Crippen LogP contribution in [0.25, 0.3) is 0 Å². The van der Waals surface area contributed by atoms with Gasteiger partial charge in [0.15, 0.2) is 11.5 Å². The fourth-order valence-electron chi connectivity index (χ4n) is 2.45. The van der Waals surface area contributed by atoms with Crippen molar-refractivity contribution in [2.75, 3.05) is 25.8 Å². The highest BCUT2D eigenvalue weighted by molar-refractivity contribution is 7.89. The number of hydrogen-bond acceptors (Lipinski definition) is 6. The van der Waals surface area contributed by atoms with Crippen molar-refractivity contribution >= 4 is 27.5 Å². The number of carbonyl (C=O) groups is 2. The number of carbonyl (C=O) groups excluding carboxylic acids is 2. The van der Waals surface area contributed by atoms with Crippen LogP contribution in [-0.4, -0.2) is 51.1 Å². The zero-order chi connectivity index (χ0) is 17.2. The Morgan fingerprint density at radius 3 is 2.48 bits per heavy atom. The molecule has 1 heterocycles. The molecule has 1 aromatic rings. The number of hydrogen-bond donors (Lipinski definition) is 1. The summed E-state index contributed by atoms with van der Waals surface area (Å²) in [6, 6.07) is 3.73. The van der Waals surface area contributed by atoms with Gasteiger partial charge in [-0.15, -0.1) is 0 Å². The Balaban J connectivity index is 2.20. The van der Waals surface area contributed by atoms with Gasteiger partial charge in [0.2, 0.25) is 21.8 Å². The molecule has 8 nitrogen and oxygen atoms in total. The molecule has 126 valence electrons. The minimum atomic E-state index is -3.78. The average molecular weight is 342 g/mol. The lowest BCUT2D eigenvalue weighted by Crippen LogP contribution is -2.44. The molecule has 9 heteroatoms. The van der Waals surface area contributed by atoms with E-state index in [-0.39, 0.29) is 12.8 Å². The molecule has 1 saturated heterocycles. The molecule has 1 aromatic carbocycles. The highest BCUT2D eigenvalue weighted by Gasteiger charge is 2.41. The van der Waals surface area contributed by atoms with Crippen LogP contribution in [0.15, 0.2) is 18.2 Å². The van der Waals surface area contributed by atoms with Crippen LogP contribution in [0.2, 0.25) is 0 Å². The van der Waals surface area contributed by atoms with E-state index in [1.165, 1.54) is 14.2 Å². The first-order valence-corrected chi connectivity index (χ1v) is 8.68. The van der Waals surface area contributed by atoms with E-state index in [9.17, 15) is 18.0 Å². The predicted octanol–water partition coefficient (Wildman–Crippen LogP) is 0.593. The fourth-order valence-corrected chi connectivity index (χ4v) is 3.58. The van der Waals surface area contributed by atoms with Gasteiger partial charge in [0, 0.05) is 18.2 Å². The molecule has 1 unspecified atom stereocenters. The quantitative estimate of drug-likeness (QED) is 0.840. The number of rotatable bonds is 5. The van der Waals surface area contributed by atoms with Gasteiger partial charge in [-0.2, -0.15) is 0 Å². The van der Waals surface area contributed by atoms with E-state index in [0.717, 1.165) is 6.26 Å². The number of nitrogens with zero attached hydrogens (tertiary/aromatic N) is 1. The van der Waals surface area contributed by atoms with Crippen LogP contribution in [0.3, 0.4) is 0 Å². The first-order valence-electron chi connectivity index (χ1n) is 6.83. The fraction of sp³-hybridized carbons (Fsp3) is 0.429. The van der Waals surface area contributed by atoms with Gasteiger partial charge in [0.1, 0.15) is 6.04 Å². The highest BCUT2D eigenvalue weighted by Crippen LogP contribution is 2.30. The SMILES string of the molecule is COc1ccc(NC(=O)C2CCC(=O)N2S(C)(=O)=O)cc1OC. The zero-order valence-corrected chi connectivity index (χ0v) is 13.8. The molecule has 0 bridgehead atoms.